The molecular weight excluding hydrogens is 596 g/mol. The minimum atomic E-state index is -2.85. The van der Waals surface area contributed by atoms with E-state index < -0.39 is 98.8 Å². The number of carbonyl (C=O) groups excluding carboxylic acids is 5. The van der Waals surface area contributed by atoms with E-state index in [0.717, 1.165) is 27.0 Å². The number of hydrogen-bond donors (Lipinski definition) is 2. The maximum absolute atomic E-state index is 14.3. The van der Waals surface area contributed by atoms with Crippen molar-refractivity contribution < 1.29 is 67.0 Å². The number of fused-ring (bicyclic) bond motifs is 3. The van der Waals surface area contributed by atoms with Crippen LogP contribution in [0.3, 0.4) is 0 Å². The third-order valence-electron chi connectivity index (χ3n) is 11.1. The highest BCUT2D eigenvalue weighted by molar-refractivity contribution is 6.00. The van der Waals surface area contributed by atoms with Crippen molar-refractivity contribution in [1.82, 2.24) is 0 Å². The second kappa shape index (κ2) is 9.02. The van der Waals surface area contributed by atoms with Gasteiger partial charge in [-0.3, -0.25) is 14.4 Å². The SMILES string of the molecule is COC(=O)/C=C/[C@]1(C)C2[C@@H](OC(C)=O)[C@@H](OC(C)=O)[C@@]3(C)[C@H](c4ccoc4)OC(=O)[C@H]4O[C@]43[C@]2(C)[C@]2(O)OC(C)(C)C(=O)[C@@]21O. The number of esters is 4. The number of hydrogen-bond acceptors (Lipinski definition) is 14. The van der Waals surface area contributed by atoms with Crippen LogP contribution in [0.4, 0.5) is 0 Å². The molecular formula is C31H36O14. The van der Waals surface area contributed by atoms with Gasteiger partial charge in [0.1, 0.15) is 23.4 Å². The minimum Gasteiger partial charge on any atom is -0.472 e. The van der Waals surface area contributed by atoms with E-state index in [2.05, 4.69) is 0 Å². The van der Waals surface area contributed by atoms with E-state index in [-0.39, 0.29) is 0 Å². The van der Waals surface area contributed by atoms with Gasteiger partial charge >= 0.3 is 23.9 Å². The van der Waals surface area contributed by atoms with Crippen molar-refractivity contribution in [2.24, 2.45) is 22.2 Å². The standard InChI is InChI=1S/C31H36O14/c1-14(32)41-18-19-26(5,11-9-17(34)39-8)29(37)24(36)25(3,4)45-31(29,38)28(19,7)30-22(44-30)23(35)43-20(16-10-12-40-13-16)27(30,6)21(18)42-15(2)33/h9-13,18-22,37-38H,1-8H3/b11-9+/t18-,19?,20+,21-,22-,26-,27-,28-,29+,30-,31+/m1/s1. The maximum Gasteiger partial charge on any atom is 0.339 e. The lowest BCUT2D eigenvalue weighted by Crippen LogP contribution is -2.77. The zero-order chi connectivity index (χ0) is 33.3. The zero-order valence-corrected chi connectivity index (χ0v) is 26.1. The molecule has 2 N–H and O–H groups in total. The molecule has 2 saturated carbocycles. The summed E-state index contributed by atoms with van der Waals surface area (Å²) in [5.74, 6) is -8.53. The number of aliphatic hydroxyl groups is 2. The summed E-state index contributed by atoms with van der Waals surface area (Å²) in [5.41, 5.74) is -11.9. The number of furan rings is 1. The molecule has 0 radical (unpaired) electrons. The molecule has 0 amide bonds. The number of methoxy groups -OCH3 is 1. The molecule has 1 aromatic heterocycles. The molecule has 14 heteroatoms. The van der Waals surface area contributed by atoms with Gasteiger partial charge in [0.15, 0.2) is 17.8 Å². The summed E-state index contributed by atoms with van der Waals surface area (Å²) in [6, 6.07) is 1.53. The molecule has 11 atom stereocenters. The van der Waals surface area contributed by atoms with Crippen LogP contribution in [0.15, 0.2) is 35.2 Å². The van der Waals surface area contributed by atoms with E-state index in [9.17, 15) is 34.2 Å². The summed E-state index contributed by atoms with van der Waals surface area (Å²) in [6.07, 6.45) is -0.887. The molecule has 3 aliphatic heterocycles. The Bertz CT molecular complexity index is 1550. The average molecular weight is 633 g/mol. The monoisotopic (exact) mass is 632 g/mol. The predicted octanol–water partition coefficient (Wildman–Crippen LogP) is 1.07. The Morgan fingerprint density at radius 2 is 1.62 bits per heavy atom. The topological polar surface area (TPSA) is 198 Å². The molecule has 0 bridgehead atoms. The lowest BCUT2D eigenvalue weighted by Gasteiger charge is -2.63. The van der Waals surface area contributed by atoms with Crippen molar-refractivity contribution in [3.63, 3.8) is 0 Å². The van der Waals surface area contributed by atoms with E-state index in [0.29, 0.717) is 5.56 Å². The Hall–Kier alpha value is -3.59. The molecule has 1 unspecified atom stereocenters. The Morgan fingerprint density at radius 3 is 2.18 bits per heavy atom. The van der Waals surface area contributed by atoms with Crippen LogP contribution in [0.2, 0.25) is 0 Å². The Balaban J connectivity index is 1.76. The summed E-state index contributed by atoms with van der Waals surface area (Å²) >= 11 is 0. The number of cyclic esters (lactones) is 1. The highest BCUT2D eigenvalue weighted by Gasteiger charge is 3.01. The summed E-state index contributed by atoms with van der Waals surface area (Å²) in [4.78, 5) is 66.0. The zero-order valence-electron chi connectivity index (χ0n) is 26.1. The molecule has 0 aromatic carbocycles. The van der Waals surface area contributed by atoms with E-state index in [4.69, 9.17) is 32.8 Å². The lowest BCUT2D eigenvalue weighted by molar-refractivity contribution is -0.356. The molecule has 14 nitrogen and oxygen atoms in total. The van der Waals surface area contributed by atoms with Crippen LogP contribution in [-0.2, 0) is 52.4 Å². The molecule has 2 aliphatic carbocycles. The average Bonchev–Trinajstić information content (AvgIpc) is 3.44. The van der Waals surface area contributed by atoms with Crippen LogP contribution in [0.1, 0.15) is 60.1 Å². The van der Waals surface area contributed by atoms with Gasteiger partial charge in [-0.1, -0.05) is 19.9 Å². The number of carbonyl (C=O) groups is 5. The highest BCUT2D eigenvalue weighted by Crippen LogP contribution is 2.85. The van der Waals surface area contributed by atoms with Crippen molar-refractivity contribution in [2.45, 2.75) is 95.5 Å². The van der Waals surface area contributed by atoms with Crippen LogP contribution in [0.5, 0.6) is 0 Å². The number of ether oxygens (including phenoxy) is 6. The second-order valence-corrected chi connectivity index (χ2v) is 13.6. The normalized spacial score (nSPS) is 47.2. The predicted molar refractivity (Wildman–Crippen MR) is 145 cm³/mol. The molecule has 3 saturated heterocycles. The van der Waals surface area contributed by atoms with Crippen LogP contribution in [-0.4, -0.2) is 87.9 Å². The van der Waals surface area contributed by atoms with Gasteiger partial charge < -0.3 is 43.1 Å². The van der Waals surface area contributed by atoms with Gasteiger partial charge in [0, 0.05) is 36.8 Å². The molecule has 45 heavy (non-hydrogen) atoms. The lowest BCUT2D eigenvalue weighted by atomic mass is 9.43. The number of Topliss-reactive ketones (excluding diaryl/α,β-unsaturated/α-hetero) is 1. The van der Waals surface area contributed by atoms with Crippen LogP contribution >= 0.6 is 0 Å². The molecule has 5 fully saturated rings. The molecule has 4 heterocycles. The van der Waals surface area contributed by atoms with E-state index >= 15 is 0 Å². The van der Waals surface area contributed by atoms with Crippen LogP contribution < -0.4 is 0 Å². The van der Waals surface area contributed by atoms with Gasteiger partial charge in [-0.25, -0.2) is 9.59 Å². The molecule has 1 spiro atoms. The van der Waals surface area contributed by atoms with Gasteiger partial charge in [-0.15, -0.1) is 0 Å². The van der Waals surface area contributed by atoms with E-state index in [1.807, 2.05) is 0 Å². The van der Waals surface area contributed by atoms with E-state index in [1.54, 1.807) is 6.92 Å². The second-order valence-electron chi connectivity index (χ2n) is 13.6. The largest absolute Gasteiger partial charge is 0.472 e. The fraction of sp³-hybridized carbons (Fsp3) is 0.645. The van der Waals surface area contributed by atoms with Crippen LogP contribution in [0, 0.1) is 22.2 Å². The van der Waals surface area contributed by atoms with Gasteiger partial charge in [0.05, 0.1) is 30.5 Å². The smallest absolute Gasteiger partial charge is 0.339 e. The van der Waals surface area contributed by atoms with E-state index in [1.165, 1.54) is 52.4 Å². The Kier molecular flexibility index (Phi) is 6.29. The van der Waals surface area contributed by atoms with Crippen molar-refractivity contribution >= 4 is 29.7 Å². The van der Waals surface area contributed by atoms with Crippen molar-refractivity contribution in [2.75, 3.05) is 7.11 Å². The third-order valence-corrected chi connectivity index (χ3v) is 11.1. The first-order valence-corrected chi connectivity index (χ1v) is 14.5. The Morgan fingerprint density at radius 1 is 0.978 bits per heavy atom. The fourth-order valence-electron chi connectivity index (χ4n) is 9.52. The number of epoxide rings is 1. The van der Waals surface area contributed by atoms with Crippen molar-refractivity contribution in [3.05, 3.63) is 36.3 Å². The first-order chi connectivity index (χ1) is 20.8. The molecule has 6 rings (SSSR count). The highest BCUT2D eigenvalue weighted by atomic mass is 16.7. The van der Waals surface area contributed by atoms with Gasteiger partial charge in [-0.2, -0.15) is 0 Å². The summed E-state index contributed by atoms with van der Waals surface area (Å²) in [5, 5.41) is 25.7. The molecule has 5 aliphatic rings. The molecule has 1 aromatic rings. The minimum absolute atomic E-state index is 0.331. The maximum atomic E-state index is 14.3. The van der Waals surface area contributed by atoms with Crippen LogP contribution in [0.25, 0.3) is 0 Å². The summed E-state index contributed by atoms with van der Waals surface area (Å²) in [6.45, 7) is 9.44. The quantitative estimate of drug-likeness (QED) is 0.202. The van der Waals surface area contributed by atoms with Crippen molar-refractivity contribution in [1.29, 1.82) is 0 Å². The van der Waals surface area contributed by atoms with Gasteiger partial charge in [0.25, 0.3) is 0 Å². The fourth-order valence-corrected chi connectivity index (χ4v) is 9.52. The first kappa shape index (κ1) is 31.4. The third kappa shape index (κ3) is 3.25. The number of rotatable bonds is 5. The molecule has 244 valence electrons. The van der Waals surface area contributed by atoms with Crippen molar-refractivity contribution in [3.8, 4) is 0 Å². The van der Waals surface area contributed by atoms with Gasteiger partial charge in [-0.05, 0) is 26.8 Å². The summed E-state index contributed by atoms with van der Waals surface area (Å²) < 4.78 is 40.4. The van der Waals surface area contributed by atoms with Gasteiger partial charge in [0.2, 0.25) is 11.6 Å². The first-order valence-electron chi connectivity index (χ1n) is 14.5. The Labute approximate surface area is 257 Å². The number of ketones is 1. The summed E-state index contributed by atoms with van der Waals surface area (Å²) in [7, 11) is 1.13.